The number of nitro groups is 1. The van der Waals surface area contributed by atoms with Crippen LogP contribution < -0.4 is 5.32 Å². The fourth-order valence-corrected chi connectivity index (χ4v) is 1.70. The zero-order chi connectivity index (χ0) is 13.5. The lowest BCUT2D eigenvalue weighted by Gasteiger charge is -2.17. The van der Waals surface area contributed by atoms with Crippen LogP contribution in [-0.2, 0) is 4.79 Å². The standard InChI is InChI=1S/C12H16N2O4/c1-2-3-10(8-12(15)16)13-9-4-6-11(7-5-9)14(17)18/h4-7,10,13H,2-3,8H2,1H3,(H,15,16). The van der Waals surface area contributed by atoms with Gasteiger partial charge in [-0.15, -0.1) is 0 Å². The summed E-state index contributed by atoms with van der Waals surface area (Å²) in [5.74, 6) is -0.858. The van der Waals surface area contributed by atoms with Gasteiger partial charge in [-0.1, -0.05) is 13.3 Å². The van der Waals surface area contributed by atoms with Crippen molar-refractivity contribution in [2.24, 2.45) is 0 Å². The average Bonchev–Trinajstić information content (AvgIpc) is 2.29. The predicted molar refractivity (Wildman–Crippen MR) is 67.7 cm³/mol. The smallest absolute Gasteiger partial charge is 0.305 e. The monoisotopic (exact) mass is 252 g/mol. The Labute approximate surface area is 105 Å². The van der Waals surface area contributed by atoms with Gasteiger partial charge >= 0.3 is 5.97 Å². The van der Waals surface area contributed by atoms with Crippen LogP contribution in [0.3, 0.4) is 0 Å². The van der Waals surface area contributed by atoms with Crippen LogP contribution in [-0.4, -0.2) is 22.0 Å². The molecule has 18 heavy (non-hydrogen) atoms. The molecule has 1 aromatic rings. The second-order valence-electron chi connectivity index (χ2n) is 4.03. The number of hydrogen-bond acceptors (Lipinski definition) is 4. The van der Waals surface area contributed by atoms with Crippen molar-refractivity contribution in [3.8, 4) is 0 Å². The maximum Gasteiger partial charge on any atom is 0.305 e. The van der Waals surface area contributed by atoms with Crippen LogP contribution in [0.4, 0.5) is 11.4 Å². The van der Waals surface area contributed by atoms with E-state index in [0.29, 0.717) is 5.69 Å². The minimum absolute atomic E-state index is 0.0193. The Kier molecular flexibility index (Phi) is 5.10. The molecule has 2 N–H and O–H groups in total. The molecule has 0 saturated carbocycles. The molecule has 1 aromatic carbocycles. The highest BCUT2D eigenvalue weighted by Crippen LogP contribution is 2.18. The van der Waals surface area contributed by atoms with E-state index in [0.717, 1.165) is 12.8 Å². The van der Waals surface area contributed by atoms with Crippen LogP contribution in [0, 0.1) is 10.1 Å². The molecule has 0 aliphatic rings. The molecule has 0 heterocycles. The van der Waals surface area contributed by atoms with Crippen molar-refractivity contribution in [3.63, 3.8) is 0 Å². The molecule has 1 rings (SSSR count). The van der Waals surface area contributed by atoms with Gasteiger partial charge in [0.1, 0.15) is 0 Å². The first-order chi connectivity index (χ1) is 8.52. The quantitative estimate of drug-likeness (QED) is 0.574. The number of nitrogens with zero attached hydrogens (tertiary/aromatic N) is 1. The lowest BCUT2D eigenvalue weighted by atomic mass is 10.1. The average molecular weight is 252 g/mol. The van der Waals surface area contributed by atoms with Gasteiger partial charge in [0.25, 0.3) is 5.69 Å². The van der Waals surface area contributed by atoms with Crippen molar-refractivity contribution in [1.29, 1.82) is 0 Å². The van der Waals surface area contributed by atoms with Crippen molar-refractivity contribution >= 4 is 17.3 Å². The van der Waals surface area contributed by atoms with E-state index < -0.39 is 10.9 Å². The maximum absolute atomic E-state index is 10.7. The number of rotatable bonds is 7. The minimum Gasteiger partial charge on any atom is -0.481 e. The van der Waals surface area contributed by atoms with Crippen LogP contribution in [0.1, 0.15) is 26.2 Å². The van der Waals surface area contributed by atoms with Gasteiger partial charge < -0.3 is 10.4 Å². The van der Waals surface area contributed by atoms with Crippen molar-refractivity contribution in [1.82, 2.24) is 0 Å². The Hall–Kier alpha value is -2.11. The number of aliphatic carboxylic acids is 1. The fraction of sp³-hybridized carbons (Fsp3) is 0.417. The highest BCUT2D eigenvalue weighted by atomic mass is 16.6. The first kappa shape index (κ1) is 14.0. The Bertz CT molecular complexity index is 417. The minimum atomic E-state index is -0.858. The van der Waals surface area contributed by atoms with Gasteiger partial charge in [-0.2, -0.15) is 0 Å². The van der Waals surface area contributed by atoms with Crippen molar-refractivity contribution < 1.29 is 14.8 Å². The second-order valence-corrected chi connectivity index (χ2v) is 4.03. The summed E-state index contributed by atoms with van der Waals surface area (Å²) in [6, 6.07) is 5.80. The van der Waals surface area contributed by atoms with Gasteiger partial charge in [-0.05, 0) is 18.6 Å². The predicted octanol–water partition coefficient (Wildman–Crippen LogP) is 2.65. The molecule has 0 aromatic heterocycles. The fourth-order valence-electron chi connectivity index (χ4n) is 1.70. The Morgan fingerprint density at radius 1 is 1.44 bits per heavy atom. The van der Waals surface area contributed by atoms with Gasteiger partial charge in [0, 0.05) is 23.9 Å². The molecule has 6 heteroatoms. The first-order valence-electron chi connectivity index (χ1n) is 5.75. The van der Waals surface area contributed by atoms with Crippen LogP contribution in [0.15, 0.2) is 24.3 Å². The summed E-state index contributed by atoms with van der Waals surface area (Å²) in [5.41, 5.74) is 0.714. The third-order valence-corrected chi connectivity index (χ3v) is 2.51. The number of non-ortho nitro benzene ring substituents is 1. The third-order valence-electron chi connectivity index (χ3n) is 2.51. The lowest BCUT2D eigenvalue weighted by Crippen LogP contribution is -2.22. The van der Waals surface area contributed by atoms with E-state index in [9.17, 15) is 14.9 Å². The van der Waals surface area contributed by atoms with Crippen LogP contribution in [0.2, 0.25) is 0 Å². The van der Waals surface area contributed by atoms with Crippen molar-refractivity contribution in [3.05, 3.63) is 34.4 Å². The lowest BCUT2D eigenvalue weighted by molar-refractivity contribution is -0.384. The third kappa shape index (κ3) is 4.40. The molecule has 1 unspecified atom stereocenters. The van der Waals surface area contributed by atoms with Gasteiger partial charge in [0.2, 0.25) is 0 Å². The number of nitrogens with one attached hydrogen (secondary N) is 1. The second kappa shape index (κ2) is 6.58. The molecule has 0 aliphatic carbocycles. The molecule has 98 valence electrons. The highest BCUT2D eigenvalue weighted by molar-refractivity contribution is 5.68. The molecule has 1 atom stereocenters. The van der Waals surface area contributed by atoms with Crippen LogP contribution in [0.25, 0.3) is 0 Å². The zero-order valence-electron chi connectivity index (χ0n) is 10.1. The number of carbonyl (C=O) groups is 1. The number of benzene rings is 1. The number of carboxylic acids is 1. The first-order valence-corrected chi connectivity index (χ1v) is 5.75. The van der Waals surface area contributed by atoms with Crippen molar-refractivity contribution in [2.75, 3.05) is 5.32 Å². The molecule has 0 bridgehead atoms. The van der Waals surface area contributed by atoms with Crippen LogP contribution in [0.5, 0.6) is 0 Å². The summed E-state index contributed by atoms with van der Waals surface area (Å²) in [5, 5.41) is 22.3. The molecule has 6 nitrogen and oxygen atoms in total. The summed E-state index contributed by atoms with van der Waals surface area (Å²) in [6.45, 7) is 1.98. The highest BCUT2D eigenvalue weighted by Gasteiger charge is 2.12. The van der Waals surface area contributed by atoms with Gasteiger partial charge in [0.15, 0.2) is 0 Å². The number of hydrogen-bond donors (Lipinski definition) is 2. The number of anilines is 1. The van der Waals surface area contributed by atoms with Gasteiger partial charge in [-0.25, -0.2) is 0 Å². The largest absolute Gasteiger partial charge is 0.481 e. The molecule has 0 amide bonds. The number of carboxylic acid groups (broad SMARTS) is 1. The molecule has 0 spiro atoms. The molecule has 0 aliphatic heterocycles. The molecule has 0 saturated heterocycles. The Morgan fingerprint density at radius 3 is 2.50 bits per heavy atom. The molecule has 0 fully saturated rings. The van der Waals surface area contributed by atoms with Gasteiger partial charge in [0.05, 0.1) is 11.3 Å². The van der Waals surface area contributed by atoms with E-state index in [-0.39, 0.29) is 18.2 Å². The SMILES string of the molecule is CCCC(CC(=O)O)Nc1ccc([N+](=O)[O-])cc1. The van der Waals surface area contributed by atoms with E-state index >= 15 is 0 Å². The topological polar surface area (TPSA) is 92.5 Å². The van der Waals surface area contributed by atoms with E-state index in [1.165, 1.54) is 12.1 Å². The molecular weight excluding hydrogens is 236 g/mol. The maximum atomic E-state index is 10.7. The van der Waals surface area contributed by atoms with E-state index in [1.54, 1.807) is 12.1 Å². The van der Waals surface area contributed by atoms with E-state index in [1.807, 2.05) is 6.92 Å². The van der Waals surface area contributed by atoms with E-state index in [4.69, 9.17) is 5.11 Å². The van der Waals surface area contributed by atoms with Gasteiger partial charge in [-0.3, -0.25) is 14.9 Å². The van der Waals surface area contributed by atoms with Crippen molar-refractivity contribution in [2.45, 2.75) is 32.2 Å². The summed E-state index contributed by atoms with van der Waals surface area (Å²) < 4.78 is 0. The molecular formula is C12H16N2O4. The van der Waals surface area contributed by atoms with Crippen LogP contribution >= 0.6 is 0 Å². The zero-order valence-corrected chi connectivity index (χ0v) is 10.1. The summed E-state index contributed by atoms with van der Waals surface area (Å²) in [6.07, 6.45) is 1.64. The normalized spacial score (nSPS) is 11.8. The Balaban J connectivity index is 2.68. The summed E-state index contributed by atoms with van der Waals surface area (Å²) in [4.78, 5) is 20.7. The summed E-state index contributed by atoms with van der Waals surface area (Å²) in [7, 11) is 0. The summed E-state index contributed by atoms with van der Waals surface area (Å²) >= 11 is 0. The van der Waals surface area contributed by atoms with E-state index in [2.05, 4.69) is 5.32 Å². The Morgan fingerprint density at radius 2 is 2.06 bits per heavy atom. The number of nitro benzene ring substituents is 1. The molecule has 0 radical (unpaired) electrons.